The summed E-state index contributed by atoms with van der Waals surface area (Å²) in [5.41, 5.74) is -0.128. The van der Waals surface area contributed by atoms with Crippen LogP contribution in [0.5, 0.6) is 5.88 Å². The molecule has 0 bridgehead atoms. The Morgan fingerprint density at radius 1 is 1.77 bits per heavy atom. The summed E-state index contributed by atoms with van der Waals surface area (Å²) >= 11 is 1.19. The smallest absolute Gasteiger partial charge is 0.258 e. The number of thioether (sulfide) groups is 1. The number of aromatic amines is 1. The van der Waals surface area contributed by atoms with E-state index in [0.29, 0.717) is 10.9 Å². The third kappa shape index (κ3) is 2.26. The number of hydrogen-bond donors (Lipinski definition) is 2. The lowest BCUT2D eigenvalue weighted by Crippen LogP contribution is -2.11. The van der Waals surface area contributed by atoms with Gasteiger partial charge in [-0.15, -0.1) is 6.42 Å². The topological polar surface area (TPSA) is 66.0 Å². The second-order valence-electron chi connectivity index (χ2n) is 2.31. The Hall–Kier alpha value is -1.41. The quantitative estimate of drug-likeness (QED) is 0.411. The van der Waals surface area contributed by atoms with Gasteiger partial charge in [0, 0.05) is 0 Å². The molecule has 0 aliphatic carbocycles. The van der Waals surface area contributed by atoms with E-state index in [1.54, 1.807) is 0 Å². The van der Waals surface area contributed by atoms with Gasteiger partial charge in [0.1, 0.15) is 0 Å². The van der Waals surface area contributed by atoms with Crippen molar-refractivity contribution in [1.29, 1.82) is 0 Å². The first-order valence-corrected chi connectivity index (χ1v) is 4.50. The second kappa shape index (κ2) is 4.01. The van der Waals surface area contributed by atoms with Crippen LogP contribution in [0.1, 0.15) is 5.56 Å². The lowest BCUT2D eigenvalue weighted by molar-refractivity contribution is 0.439. The first-order valence-electron chi connectivity index (χ1n) is 3.51. The average molecular weight is 196 g/mol. The molecule has 68 valence electrons. The minimum absolute atomic E-state index is 0.213. The summed E-state index contributed by atoms with van der Waals surface area (Å²) in [4.78, 5) is 17.3. The zero-order chi connectivity index (χ0) is 9.84. The van der Waals surface area contributed by atoms with Crippen LogP contribution in [0, 0.1) is 19.3 Å². The van der Waals surface area contributed by atoms with Crippen molar-refractivity contribution in [2.75, 3.05) is 5.75 Å². The molecule has 1 rings (SSSR count). The van der Waals surface area contributed by atoms with Crippen molar-refractivity contribution in [1.82, 2.24) is 9.97 Å². The van der Waals surface area contributed by atoms with Crippen LogP contribution < -0.4 is 5.56 Å². The van der Waals surface area contributed by atoms with Crippen LogP contribution in [-0.4, -0.2) is 20.8 Å². The number of nitrogens with zero attached hydrogens (tertiary/aromatic N) is 1. The molecule has 1 aromatic rings. The predicted molar refractivity (Wildman–Crippen MR) is 50.8 cm³/mol. The van der Waals surface area contributed by atoms with Gasteiger partial charge in [-0.3, -0.25) is 4.79 Å². The summed E-state index contributed by atoms with van der Waals surface area (Å²) in [5.74, 6) is 2.55. The normalized spacial score (nSPS) is 9.54. The standard InChI is InChI=1S/C8H8N2O2S/c1-3-4-13-8-9-6(11)5(2)7(12)10-8/h1H,4H2,2H3,(H2,9,10,11,12). The highest BCUT2D eigenvalue weighted by Crippen LogP contribution is 2.14. The summed E-state index contributed by atoms with van der Waals surface area (Å²) in [6, 6.07) is 0. The zero-order valence-corrected chi connectivity index (χ0v) is 7.81. The summed E-state index contributed by atoms with van der Waals surface area (Å²) < 4.78 is 0. The van der Waals surface area contributed by atoms with E-state index in [-0.39, 0.29) is 17.0 Å². The van der Waals surface area contributed by atoms with Crippen molar-refractivity contribution in [2.45, 2.75) is 12.1 Å². The molecule has 4 nitrogen and oxygen atoms in total. The number of rotatable bonds is 2. The third-order valence-corrected chi connectivity index (χ3v) is 2.17. The van der Waals surface area contributed by atoms with E-state index >= 15 is 0 Å². The third-order valence-electron chi connectivity index (χ3n) is 1.40. The molecule has 0 spiro atoms. The lowest BCUT2D eigenvalue weighted by atomic mass is 10.4. The summed E-state index contributed by atoms with van der Waals surface area (Å²) in [7, 11) is 0. The average Bonchev–Trinajstić information content (AvgIpc) is 2.10. The first kappa shape index (κ1) is 9.68. The molecule has 5 heteroatoms. The Morgan fingerprint density at radius 2 is 2.46 bits per heavy atom. The summed E-state index contributed by atoms with van der Waals surface area (Å²) in [5, 5.41) is 9.52. The second-order valence-corrected chi connectivity index (χ2v) is 3.28. The maximum atomic E-state index is 11.1. The highest BCUT2D eigenvalue weighted by Gasteiger charge is 2.05. The molecule has 0 fully saturated rings. The Labute approximate surface area is 79.4 Å². The van der Waals surface area contributed by atoms with E-state index in [2.05, 4.69) is 15.9 Å². The molecule has 0 aliphatic heterocycles. The van der Waals surface area contributed by atoms with Crippen LogP contribution in [-0.2, 0) is 0 Å². The van der Waals surface area contributed by atoms with Crippen LogP contribution in [0.15, 0.2) is 9.95 Å². The Morgan fingerprint density at radius 3 is 3.00 bits per heavy atom. The fourth-order valence-corrected chi connectivity index (χ4v) is 1.21. The van der Waals surface area contributed by atoms with Crippen molar-refractivity contribution in [3.8, 4) is 18.2 Å². The molecule has 0 amide bonds. The number of aromatic nitrogens is 2. The summed E-state index contributed by atoms with van der Waals surface area (Å²) in [6.45, 7) is 1.50. The Kier molecular flexibility index (Phi) is 2.98. The van der Waals surface area contributed by atoms with Gasteiger partial charge in [-0.2, -0.15) is 4.98 Å². The van der Waals surface area contributed by atoms with Crippen LogP contribution in [0.25, 0.3) is 0 Å². The molecule has 0 aliphatic rings. The minimum Gasteiger partial charge on any atom is -0.493 e. The van der Waals surface area contributed by atoms with E-state index in [1.807, 2.05) is 0 Å². The van der Waals surface area contributed by atoms with Gasteiger partial charge in [-0.25, -0.2) is 0 Å². The molecular formula is C8H8N2O2S. The molecular weight excluding hydrogens is 188 g/mol. The zero-order valence-electron chi connectivity index (χ0n) is 7.00. The Bertz CT molecular complexity index is 406. The summed E-state index contributed by atoms with van der Waals surface area (Å²) in [6.07, 6.45) is 5.03. The van der Waals surface area contributed by atoms with Gasteiger partial charge in [0.15, 0.2) is 5.16 Å². The fourth-order valence-electron chi connectivity index (χ4n) is 0.679. The van der Waals surface area contributed by atoms with E-state index in [0.717, 1.165) is 0 Å². The van der Waals surface area contributed by atoms with Gasteiger partial charge in [0.2, 0.25) is 5.88 Å². The highest BCUT2D eigenvalue weighted by atomic mass is 32.2. The SMILES string of the molecule is C#CCSc1nc(O)c(C)c(=O)[nH]1. The number of terminal acetylenes is 1. The van der Waals surface area contributed by atoms with Crippen LogP contribution >= 0.6 is 11.8 Å². The van der Waals surface area contributed by atoms with Crippen molar-refractivity contribution >= 4 is 11.8 Å². The maximum Gasteiger partial charge on any atom is 0.258 e. The predicted octanol–water partition coefficient (Wildman–Crippen LogP) is 0.509. The van der Waals surface area contributed by atoms with Crippen molar-refractivity contribution < 1.29 is 5.11 Å². The fraction of sp³-hybridized carbons (Fsp3) is 0.250. The maximum absolute atomic E-state index is 11.1. The molecule has 0 atom stereocenters. The van der Waals surface area contributed by atoms with Crippen molar-refractivity contribution in [2.24, 2.45) is 0 Å². The van der Waals surface area contributed by atoms with E-state index < -0.39 is 0 Å². The van der Waals surface area contributed by atoms with Crippen LogP contribution in [0.3, 0.4) is 0 Å². The van der Waals surface area contributed by atoms with E-state index in [9.17, 15) is 9.90 Å². The van der Waals surface area contributed by atoms with Crippen LogP contribution in [0.2, 0.25) is 0 Å². The molecule has 0 radical (unpaired) electrons. The molecule has 0 saturated carbocycles. The van der Waals surface area contributed by atoms with E-state index in [4.69, 9.17) is 6.42 Å². The monoisotopic (exact) mass is 196 g/mol. The lowest BCUT2D eigenvalue weighted by Gasteiger charge is -1.99. The van der Waals surface area contributed by atoms with Crippen LogP contribution in [0.4, 0.5) is 0 Å². The largest absolute Gasteiger partial charge is 0.493 e. The van der Waals surface area contributed by atoms with E-state index in [1.165, 1.54) is 18.7 Å². The number of H-pyrrole nitrogens is 1. The van der Waals surface area contributed by atoms with Crippen molar-refractivity contribution in [3.63, 3.8) is 0 Å². The molecule has 1 heterocycles. The van der Waals surface area contributed by atoms with Gasteiger partial charge in [-0.1, -0.05) is 17.7 Å². The number of hydrogen-bond acceptors (Lipinski definition) is 4. The minimum atomic E-state index is -0.341. The Balaban J connectivity index is 3.01. The van der Waals surface area contributed by atoms with Gasteiger partial charge in [-0.05, 0) is 6.92 Å². The van der Waals surface area contributed by atoms with Gasteiger partial charge in [0.25, 0.3) is 5.56 Å². The van der Waals surface area contributed by atoms with Gasteiger partial charge < -0.3 is 10.1 Å². The number of aromatic hydroxyl groups is 1. The molecule has 13 heavy (non-hydrogen) atoms. The molecule has 0 aromatic carbocycles. The van der Waals surface area contributed by atoms with Gasteiger partial charge in [0.05, 0.1) is 11.3 Å². The number of nitrogens with one attached hydrogen (secondary N) is 1. The first-order chi connectivity index (χ1) is 6.15. The van der Waals surface area contributed by atoms with Gasteiger partial charge >= 0.3 is 0 Å². The highest BCUT2D eigenvalue weighted by molar-refractivity contribution is 7.99. The van der Waals surface area contributed by atoms with Crippen molar-refractivity contribution in [3.05, 3.63) is 15.9 Å². The molecule has 0 saturated heterocycles. The molecule has 0 unspecified atom stereocenters. The molecule has 1 aromatic heterocycles. The molecule has 2 N–H and O–H groups in total.